The first-order chi connectivity index (χ1) is 18.5. The molecule has 0 spiro atoms. The van der Waals surface area contributed by atoms with Crippen LogP contribution in [0.5, 0.6) is 0 Å². The molecule has 2 fully saturated rings. The van der Waals surface area contributed by atoms with Crippen LogP contribution in [0.4, 0.5) is 11.8 Å². The van der Waals surface area contributed by atoms with E-state index in [2.05, 4.69) is 34.2 Å². The molecule has 0 aliphatic heterocycles. The van der Waals surface area contributed by atoms with Gasteiger partial charge in [0.15, 0.2) is 5.72 Å². The monoisotopic (exact) mass is 575 g/mol. The zero-order chi connectivity index (χ0) is 27.9. The van der Waals surface area contributed by atoms with Crippen LogP contribution in [0, 0.1) is 18.8 Å². The van der Waals surface area contributed by atoms with Crippen LogP contribution in [0.25, 0.3) is 20.8 Å². The van der Waals surface area contributed by atoms with Crippen LogP contribution in [0.3, 0.4) is 0 Å². The molecule has 3 aromatic rings. The molecule has 0 saturated heterocycles. The van der Waals surface area contributed by atoms with Crippen molar-refractivity contribution in [2.24, 2.45) is 11.8 Å². The largest absolute Gasteiger partial charge is 0.388 e. The number of hydrogen-bond acceptors (Lipinski definition) is 11. The molecule has 2 saturated carbocycles. The number of pyridine rings is 1. The summed E-state index contributed by atoms with van der Waals surface area (Å²) in [7, 11) is -3.42. The smallest absolute Gasteiger partial charge is 0.225 e. The second kappa shape index (κ2) is 10.8. The second-order valence-electron chi connectivity index (χ2n) is 10.9. The van der Waals surface area contributed by atoms with E-state index in [1.807, 2.05) is 13.0 Å². The fraction of sp³-hybridized carbons (Fsp3) is 0.615. The predicted molar refractivity (Wildman–Crippen MR) is 153 cm³/mol. The molecule has 212 valence electrons. The number of aliphatic hydroxyl groups excluding tert-OH is 1. The Kier molecular flexibility index (Phi) is 7.81. The topological polar surface area (TPSA) is 162 Å². The molecule has 0 aromatic carbocycles. The van der Waals surface area contributed by atoms with Gasteiger partial charge in [0, 0.05) is 24.7 Å². The lowest BCUT2D eigenvalue weighted by atomic mass is 10.0. The summed E-state index contributed by atoms with van der Waals surface area (Å²) in [5.41, 5.74) is 1.42. The first-order valence-corrected chi connectivity index (χ1v) is 16.2. The molecule has 4 unspecified atom stereocenters. The SMILES string of the molecule is CCCc1nccc2sc(-c3c(C)nc(NC(C)C4CC4)nc3NC3(O)CCC(CNS(C)(=O)=O)C3O)nc12. The van der Waals surface area contributed by atoms with Crippen LogP contribution >= 0.6 is 11.3 Å². The van der Waals surface area contributed by atoms with E-state index in [1.165, 1.54) is 24.2 Å². The number of hydrogen-bond donors (Lipinski definition) is 5. The highest BCUT2D eigenvalue weighted by Crippen LogP contribution is 2.41. The van der Waals surface area contributed by atoms with Crippen molar-refractivity contribution in [2.75, 3.05) is 23.4 Å². The minimum atomic E-state index is -3.42. The summed E-state index contributed by atoms with van der Waals surface area (Å²) in [5.74, 6) is 0.943. The molecule has 5 rings (SSSR count). The number of thiazole rings is 1. The van der Waals surface area contributed by atoms with Crippen LogP contribution in [-0.2, 0) is 16.4 Å². The fourth-order valence-corrected chi connectivity index (χ4v) is 6.85. The molecule has 5 N–H and O–H groups in total. The van der Waals surface area contributed by atoms with Crippen molar-refractivity contribution >= 4 is 43.3 Å². The number of anilines is 2. The van der Waals surface area contributed by atoms with Crippen molar-refractivity contribution in [3.05, 3.63) is 23.7 Å². The summed E-state index contributed by atoms with van der Waals surface area (Å²) in [5, 5.41) is 29.9. The minimum Gasteiger partial charge on any atom is -0.388 e. The van der Waals surface area contributed by atoms with E-state index in [0.29, 0.717) is 40.4 Å². The number of aryl methyl sites for hydroxylation is 2. The molecule has 13 heteroatoms. The lowest BCUT2D eigenvalue weighted by Gasteiger charge is -2.31. The Morgan fingerprint density at radius 1 is 1.23 bits per heavy atom. The van der Waals surface area contributed by atoms with E-state index >= 15 is 0 Å². The third kappa shape index (κ3) is 6.17. The Balaban J connectivity index is 1.52. The molecule has 39 heavy (non-hydrogen) atoms. The molecule has 3 aromatic heterocycles. The number of aliphatic hydroxyl groups is 2. The Bertz CT molecular complexity index is 1460. The van der Waals surface area contributed by atoms with Crippen LogP contribution in [-0.4, -0.2) is 69.2 Å². The molecule has 2 aliphatic rings. The van der Waals surface area contributed by atoms with Crippen LogP contribution in [0.2, 0.25) is 0 Å². The molecule has 11 nitrogen and oxygen atoms in total. The van der Waals surface area contributed by atoms with Crippen molar-refractivity contribution in [1.82, 2.24) is 24.7 Å². The van der Waals surface area contributed by atoms with Crippen LogP contribution in [0.15, 0.2) is 12.3 Å². The number of fused-ring (bicyclic) bond motifs is 1. The summed E-state index contributed by atoms with van der Waals surface area (Å²) in [6, 6.07) is 2.15. The average molecular weight is 576 g/mol. The summed E-state index contributed by atoms with van der Waals surface area (Å²) in [6.07, 6.45) is 6.42. The van der Waals surface area contributed by atoms with Gasteiger partial charge in [0.2, 0.25) is 16.0 Å². The van der Waals surface area contributed by atoms with Gasteiger partial charge in [0.05, 0.1) is 27.9 Å². The number of aromatic nitrogens is 4. The van der Waals surface area contributed by atoms with E-state index in [4.69, 9.17) is 15.0 Å². The van der Waals surface area contributed by atoms with Gasteiger partial charge in [-0.3, -0.25) is 4.98 Å². The van der Waals surface area contributed by atoms with Crippen LogP contribution < -0.4 is 15.4 Å². The van der Waals surface area contributed by atoms with E-state index in [9.17, 15) is 18.6 Å². The average Bonchev–Trinajstić information content (AvgIpc) is 3.56. The van der Waals surface area contributed by atoms with Gasteiger partial charge in [0.1, 0.15) is 22.4 Å². The van der Waals surface area contributed by atoms with E-state index in [-0.39, 0.29) is 19.0 Å². The van der Waals surface area contributed by atoms with E-state index < -0.39 is 27.8 Å². The Labute approximate surface area is 233 Å². The summed E-state index contributed by atoms with van der Waals surface area (Å²) < 4.78 is 26.6. The second-order valence-corrected chi connectivity index (χ2v) is 13.8. The zero-order valence-corrected chi connectivity index (χ0v) is 24.4. The van der Waals surface area contributed by atoms with Gasteiger partial charge in [-0.2, -0.15) is 4.98 Å². The van der Waals surface area contributed by atoms with Gasteiger partial charge in [0.25, 0.3) is 0 Å². The standard InChI is InChI=1S/C26H37N7O4S2/c1-5-6-18-21-19(10-12-27-18)38-24(31-21)20-15(3)30-25(29-14(2)16-7-8-16)32-23(20)33-26(35)11-9-17(22(26)34)13-28-39(4,36)37/h10,12,14,16-17,22,28,34-35H,5-9,11,13H2,1-4H3,(H2,29,30,32,33). The molecular formula is C26H37N7O4S2. The third-order valence-corrected chi connectivity index (χ3v) is 9.36. The first-order valence-electron chi connectivity index (χ1n) is 13.5. The Hall–Kier alpha value is -2.45. The zero-order valence-electron chi connectivity index (χ0n) is 22.7. The highest BCUT2D eigenvalue weighted by Gasteiger charge is 2.47. The number of rotatable bonds is 11. The van der Waals surface area contributed by atoms with Gasteiger partial charge in [-0.05, 0) is 57.9 Å². The number of sulfonamides is 1. The summed E-state index contributed by atoms with van der Waals surface area (Å²) in [4.78, 5) is 19.0. The van der Waals surface area contributed by atoms with Gasteiger partial charge < -0.3 is 20.8 Å². The van der Waals surface area contributed by atoms with Crippen molar-refractivity contribution in [2.45, 2.75) is 77.2 Å². The lowest BCUT2D eigenvalue weighted by molar-refractivity contribution is -0.0463. The van der Waals surface area contributed by atoms with Crippen LogP contribution in [0.1, 0.15) is 57.3 Å². The molecule has 0 amide bonds. The lowest BCUT2D eigenvalue weighted by Crippen LogP contribution is -2.49. The third-order valence-electron chi connectivity index (χ3n) is 7.63. The number of nitrogens with one attached hydrogen (secondary N) is 3. The van der Waals surface area contributed by atoms with Crippen molar-refractivity contribution < 1.29 is 18.6 Å². The van der Waals surface area contributed by atoms with Gasteiger partial charge in [-0.15, -0.1) is 11.3 Å². The summed E-state index contributed by atoms with van der Waals surface area (Å²) >= 11 is 1.51. The fourth-order valence-electron chi connectivity index (χ4n) is 5.25. The highest BCUT2D eigenvalue weighted by atomic mass is 32.2. The van der Waals surface area contributed by atoms with Crippen molar-refractivity contribution in [3.63, 3.8) is 0 Å². The summed E-state index contributed by atoms with van der Waals surface area (Å²) in [6.45, 7) is 6.14. The normalized spacial score (nSPS) is 24.3. The number of nitrogens with zero attached hydrogens (tertiary/aromatic N) is 4. The van der Waals surface area contributed by atoms with Gasteiger partial charge >= 0.3 is 0 Å². The molecule has 3 heterocycles. The quantitative estimate of drug-likeness (QED) is 0.215. The Morgan fingerprint density at radius 2 is 2.00 bits per heavy atom. The maximum absolute atomic E-state index is 11.6. The molecule has 2 aliphatic carbocycles. The predicted octanol–water partition coefficient (Wildman–Crippen LogP) is 3.04. The molecule has 0 bridgehead atoms. The van der Waals surface area contributed by atoms with Gasteiger partial charge in [-0.25, -0.2) is 23.1 Å². The Morgan fingerprint density at radius 3 is 2.69 bits per heavy atom. The molecule has 4 atom stereocenters. The maximum Gasteiger partial charge on any atom is 0.225 e. The highest BCUT2D eigenvalue weighted by molar-refractivity contribution is 7.88. The minimum absolute atomic E-state index is 0.0381. The van der Waals surface area contributed by atoms with Crippen molar-refractivity contribution in [1.29, 1.82) is 0 Å². The molecule has 0 radical (unpaired) electrons. The molecular weight excluding hydrogens is 538 g/mol. The van der Waals surface area contributed by atoms with Gasteiger partial charge in [-0.1, -0.05) is 13.3 Å². The van der Waals surface area contributed by atoms with E-state index in [0.717, 1.165) is 35.0 Å². The first kappa shape index (κ1) is 28.1. The van der Waals surface area contributed by atoms with E-state index in [1.54, 1.807) is 6.20 Å². The van der Waals surface area contributed by atoms with Crippen molar-refractivity contribution in [3.8, 4) is 10.6 Å². The maximum atomic E-state index is 11.6.